The number of nitrogens with zero attached hydrogens (tertiary/aromatic N) is 4. The number of hydrogen-bond acceptors (Lipinski definition) is 11. The second-order valence-corrected chi connectivity index (χ2v) is 9.82. The van der Waals surface area contributed by atoms with Gasteiger partial charge in [0.25, 0.3) is 17.5 Å². The Morgan fingerprint density at radius 1 is 0.844 bits per heavy atom. The second kappa shape index (κ2) is 15.1. The van der Waals surface area contributed by atoms with E-state index in [1.54, 1.807) is 44.2 Å². The Kier molecular flexibility index (Phi) is 10.8. The van der Waals surface area contributed by atoms with Gasteiger partial charge in [-0.3, -0.25) is 39.5 Å². The van der Waals surface area contributed by atoms with Crippen LogP contribution in [-0.4, -0.2) is 70.7 Å². The monoisotopic (exact) mass is 614 g/mol. The highest BCUT2D eigenvalue weighted by atomic mass is 16.6. The van der Waals surface area contributed by atoms with Gasteiger partial charge < -0.3 is 20.1 Å². The molecule has 3 heterocycles. The lowest BCUT2D eigenvalue weighted by Gasteiger charge is -2.31. The average Bonchev–Trinajstić information content (AvgIpc) is 3.05. The highest BCUT2D eigenvalue weighted by Gasteiger charge is 2.44. The summed E-state index contributed by atoms with van der Waals surface area (Å²) in [5.74, 6) is -4.85. The number of hydrogen-bond donors (Lipinski definition) is 2. The zero-order valence-corrected chi connectivity index (χ0v) is 24.5. The Morgan fingerprint density at radius 2 is 1.42 bits per heavy atom. The molecule has 232 valence electrons. The summed E-state index contributed by atoms with van der Waals surface area (Å²) in [5, 5.41) is 17.2. The fraction of sp³-hybridized carbons (Fsp3) is 0.258. The van der Waals surface area contributed by atoms with Crippen molar-refractivity contribution in [2.45, 2.75) is 19.8 Å². The first-order chi connectivity index (χ1) is 21.7. The van der Waals surface area contributed by atoms with Crippen molar-refractivity contribution in [2.24, 2.45) is 10.9 Å². The van der Waals surface area contributed by atoms with Gasteiger partial charge in [0.05, 0.1) is 34.7 Å². The molecular weight excluding hydrogens is 584 g/mol. The predicted octanol–water partition coefficient (Wildman–Crippen LogP) is 2.78. The summed E-state index contributed by atoms with van der Waals surface area (Å²) in [6.45, 7) is 2.63. The van der Waals surface area contributed by atoms with Crippen LogP contribution < -0.4 is 10.6 Å². The van der Waals surface area contributed by atoms with E-state index in [-0.39, 0.29) is 54.5 Å². The Hall–Kier alpha value is -5.79. The number of aliphatic imine (C=N–C) groups is 1. The number of pyridine rings is 2. The fourth-order valence-electron chi connectivity index (χ4n) is 4.85. The van der Waals surface area contributed by atoms with Crippen LogP contribution in [0.25, 0.3) is 0 Å². The molecule has 0 spiro atoms. The number of amides is 2. The Morgan fingerprint density at radius 3 is 1.98 bits per heavy atom. The van der Waals surface area contributed by atoms with Crippen LogP contribution in [0.5, 0.6) is 0 Å². The highest BCUT2D eigenvalue weighted by Crippen LogP contribution is 2.43. The van der Waals surface area contributed by atoms with Crippen molar-refractivity contribution in [1.82, 2.24) is 20.6 Å². The number of allylic oxidation sites excluding steroid dienone is 1. The van der Waals surface area contributed by atoms with E-state index in [1.807, 2.05) is 0 Å². The fourth-order valence-corrected chi connectivity index (χ4v) is 4.85. The molecular formula is C31H30N6O8. The number of benzene rings is 1. The highest BCUT2D eigenvalue weighted by molar-refractivity contribution is 6.07. The van der Waals surface area contributed by atoms with Crippen LogP contribution in [0.15, 0.2) is 89.6 Å². The standard InChI is InChI=1S/C31H30N6O8/c1-19-25(30(40)44-15-13-34-28(38)21-7-5-11-32-17-21)27(23-9-3-4-10-24(23)37(42)43)26(20(2)36-19)31(41)45-16-14-35-29(39)22-8-6-12-33-18-22/h3-12,17-18,25,27H,13-16H2,1-2H3,(H,34,38)(H,35,39). The minimum atomic E-state index is -1.21. The number of carbonyl (C=O) groups excluding carboxylic acids is 4. The Labute approximate surface area is 257 Å². The molecule has 0 aliphatic carbocycles. The van der Waals surface area contributed by atoms with E-state index in [2.05, 4.69) is 25.6 Å². The van der Waals surface area contributed by atoms with Gasteiger partial charge >= 0.3 is 11.9 Å². The quantitative estimate of drug-likeness (QED) is 0.133. The number of nitro groups is 1. The lowest BCUT2D eigenvalue weighted by molar-refractivity contribution is -0.385. The van der Waals surface area contributed by atoms with Crippen LogP contribution in [0.1, 0.15) is 46.0 Å². The molecule has 1 aliphatic heterocycles. The molecule has 45 heavy (non-hydrogen) atoms. The molecule has 0 bridgehead atoms. The number of aromatic nitrogens is 2. The van der Waals surface area contributed by atoms with E-state index in [0.717, 1.165) is 0 Å². The van der Waals surface area contributed by atoms with Crippen molar-refractivity contribution in [3.8, 4) is 0 Å². The SMILES string of the molecule is CC1=NC(C)=C(C(=O)OCCNC(=O)c2cccnc2)C(c2ccccc2[N+](=O)[O-])C1C(=O)OCCNC(=O)c1cccnc1. The molecule has 2 N–H and O–H groups in total. The third-order valence-electron chi connectivity index (χ3n) is 6.87. The maximum absolute atomic E-state index is 13.5. The van der Waals surface area contributed by atoms with Crippen LogP contribution in [-0.2, 0) is 19.1 Å². The third-order valence-corrected chi connectivity index (χ3v) is 6.87. The maximum Gasteiger partial charge on any atom is 0.336 e. The van der Waals surface area contributed by atoms with Crippen molar-refractivity contribution in [2.75, 3.05) is 26.3 Å². The number of rotatable bonds is 12. The van der Waals surface area contributed by atoms with Crippen LogP contribution >= 0.6 is 0 Å². The largest absolute Gasteiger partial charge is 0.463 e. The molecule has 0 fully saturated rings. The summed E-state index contributed by atoms with van der Waals surface area (Å²) in [6.07, 6.45) is 5.84. The lowest BCUT2D eigenvalue weighted by Crippen LogP contribution is -2.38. The van der Waals surface area contributed by atoms with Gasteiger partial charge in [0.1, 0.15) is 19.1 Å². The van der Waals surface area contributed by atoms with Crippen molar-refractivity contribution in [1.29, 1.82) is 0 Å². The average molecular weight is 615 g/mol. The van der Waals surface area contributed by atoms with Gasteiger partial charge in [-0.25, -0.2) is 4.79 Å². The van der Waals surface area contributed by atoms with Crippen LogP contribution in [0.4, 0.5) is 5.69 Å². The first-order valence-corrected chi connectivity index (χ1v) is 13.9. The molecule has 1 aliphatic rings. The van der Waals surface area contributed by atoms with Crippen molar-refractivity contribution in [3.63, 3.8) is 0 Å². The lowest BCUT2D eigenvalue weighted by atomic mass is 9.75. The number of esters is 2. The molecule has 0 saturated carbocycles. The molecule has 14 heteroatoms. The summed E-state index contributed by atoms with van der Waals surface area (Å²) in [6, 6.07) is 12.2. The van der Waals surface area contributed by atoms with Gasteiger partial charge in [-0.15, -0.1) is 0 Å². The minimum Gasteiger partial charge on any atom is -0.463 e. The van der Waals surface area contributed by atoms with Gasteiger partial charge in [0.2, 0.25) is 0 Å². The number of nitro benzene ring substituents is 1. The first-order valence-electron chi connectivity index (χ1n) is 13.9. The van der Waals surface area contributed by atoms with E-state index < -0.39 is 40.5 Å². The van der Waals surface area contributed by atoms with Crippen molar-refractivity contribution >= 4 is 35.2 Å². The normalized spacial score (nSPS) is 15.8. The number of ether oxygens (including phenoxy) is 2. The van der Waals surface area contributed by atoms with Gasteiger partial charge in [-0.2, -0.15) is 0 Å². The maximum atomic E-state index is 13.5. The van der Waals surface area contributed by atoms with Gasteiger partial charge in [0.15, 0.2) is 0 Å². The predicted molar refractivity (Wildman–Crippen MR) is 160 cm³/mol. The molecule has 2 amide bonds. The molecule has 0 saturated heterocycles. The molecule has 14 nitrogen and oxygen atoms in total. The molecule has 2 unspecified atom stereocenters. The van der Waals surface area contributed by atoms with Crippen LogP contribution in [0, 0.1) is 16.0 Å². The number of para-hydroxylation sites is 1. The van der Waals surface area contributed by atoms with E-state index >= 15 is 0 Å². The smallest absolute Gasteiger partial charge is 0.336 e. The van der Waals surface area contributed by atoms with Gasteiger partial charge in [-0.1, -0.05) is 18.2 Å². The number of nitrogens with one attached hydrogen (secondary N) is 2. The van der Waals surface area contributed by atoms with E-state index in [1.165, 1.54) is 43.0 Å². The van der Waals surface area contributed by atoms with Crippen molar-refractivity contribution < 1.29 is 33.6 Å². The molecule has 0 radical (unpaired) electrons. The van der Waals surface area contributed by atoms with E-state index in [0.29, 0.717) is 11.1 Å². The Bertz CT molecular complexity index is 1640. The summed E-state index contributed by atoms with van der Waals surface area (Å²) in [5.41, 5.74) is 0.888. The molecule has 1 aromatic carbocycles. The zero-order chi connectivity index (χ0) is 32.3. The van der Waals surface area contributed by atoms with Crippen LogP contribution in [0.3, 0.4) is 0 Å². The first kappa shape index (κ1) is 32.1. The Balaban J connectivity index is 1.51. The van der Waals surface area contributed by atoms with Gasteiger partial charge in [-0.05, 0) is 38.1 Å². The molecule has 3 aromatic rings. The summed E-state index contributed by atoms with van der Waals surface area (Å²) in [4.78, 5) is 75.2. The van der Waals surface area contributed by atoms with Crippen LogP contribution in [0.2, 0.25) is 0 Å². The molecule has 4 rings (SSSR count). The molecule has 2 atom stereocenters. The minimum absolute atomic E-state index is 0.0208. The molecule has 2 aromatic heterocycles. The zero-order valence-electron chi connectivity index (χ0n) is 24.5. The summed E-state index contributed by atoms with van der Waals surface area (Å²) >= 11 is 0. The second-order valence-electron chi connectivity index (χ2n) is 9.82. The van der Waals surface area contributed by atoms with Gasteiger partial charge in [0, 0.05) is 53.7 Å². The van der Waals surface area contributed by atoms with E-state index in [9.17, 15) is 29.3 Å². The summed E-state index contributed by atoms with van der Waals surface area (Å²) in [7, 11) is 0. The third kappa shape index (κ3) is 7.98. The topological polar surface area (TPSA) is 192 Å². The number of carbonyl (C=O) groups is 4. The van der Waals surface area contributed by atoms with E-state index in [4.69, 9.17) is 9.47 Å². The van der Waals surface area contributed by atoms with Crippen molar-refractivity contribution in [3.05, 3.63) is 111 Å². The summed E-state index contributed by atoms with van der Waals surface area (Å²) < 4.78 is 10.9.